The number of sulfonamides is 1. The van der Waals surface area contributed by atoms with Gasteiger partial charge in [0.15, 0.2) is 0 Å². The van der Waals surface area contributed by atoms with Gasteiger partial charge in [0.2, 0.25) is 10.0 Å². The number of ether oxygens (including phenoxy) is 1. The van der Waals surface area contributed by atoms with Gasteiger partial charge in [-0.3, -0.25) is 4.79 Å². The number of carbonyl (C=O) groups is 1. The van der Waals surface area contributed by atoms with Crippen molar-refractivity contribution in [2.24, 2.45) is 0 Å². The summed E-state index contributed by atoms with van der Waals surface area (Å²) >= 11 is 0. The second-order valence-corrected chi connectivity index (χ2v) is 6.78. The van der Waals surface area contributed by atoms with E-state index in [1.54, 1.807) is 19.2 Å². The average molecular weight is 364 g/mol. The zero-order chi connectivity index (χ0) is 16.0. The lowest BCUT2D eigenvalue weighted by Crippen LogP contribution is -2.41. The molecule has 0 bridgehead atoms. The van der Waals surface area contributed by atoms with Crippen LogP contribution in [0.5, 0.6) is 0 Å². The van der Waals surface area contributed by atoms with Gasteiger partial charge >= 0.3 is 0 Å². The van der Waals surface area contributed by atoms with Crippen LogP contribution in [-0.4, -0.2) is 65.1 Å². The van der Waals surface area contributed by atoms with Crippen molar-refractivity contribution >= 4 is 28.3 Å². The number of nitrogens with one attached hydrogen (secondary N) is 2. The molecular weight excluding hydrogens is 342 g/mol. The highest BCUT2D eigenvalue weighted by Gasteiger charge is 2.29. The third-order valence-electron chi connectivity index (χ3n) is 3.38. The molecule has 1 heterocycles. The first kappa shape index (κ1) is 19.9. The van der Waals surface area contributed by atoms with Crippen molar-refractivity contribution in [3.63, 3.8) is 0 Å². The molecule has 0 unspecified atom stereocenters. The Bertz CT molecular complexity index is 618. The van der Waals surface area contributed by atoms with Crippen molar-refractivity contribution < 1.29 is 17.9 Å². The number of hydrogen-bond acceptors (Lipinski definition) is 5. The maximum absolute atomic E-state index is 12.7. The van der Waals surface area contributed by atoms with E-state index in [1.807, 2.05) is 0 Å². The Morgan fingerprint density at radius 3 is 2.52 bits per heavy atom. The van der Waals surface area contributed by atoms with Crippen molar-refractivity contribution in [3.8, 4) is 0 Å². The van der Waals surface area contributed by atoms with E-state index in [4.69, 9.17) is 4.74 Å². The lowest BCUT2D eigenvalue weighted by molar-refractivity contribution is 0.0730. The number of rotatable bonds is 6. The highest BCUT2D eigenvalue weighted by molar-refractivity contribution is 7.89. The molecule has 1 fully saturated rings. The van der Waals surface area contributed by atoms with Crippen LogP contribution in [0.2, 0.25) is 0 Å². The first-order chi connectivity index (χ1) is 10.6. The second kappa shape index (κ2) is 9.19. The van der Waals surface area contributed by atoms with Gasteiger partial charge in [0, 0.05) is 26.2 Å². The zero-order valence-electron chi connectivity index (χ0n) is 12.9. The van der Waals surface area contributed by atoms with Crippen LogP contribution in [0.4, 0.5) is 0 Å². The largest absolute Gasteiger partial charge is 0.379 e. The van der Waals surface area contributed by atoms with Crippen molar-refractivity contribution in [2.75, 3.05) is 46.4 Å². The van der Waals surface area contributed by atoms with Gasteiger partial charge < -0.3 is 15.4 Å². The summed E-state index contributed by atoms with van der Waals surface area (Å²) in [5.41, 5.74) is 0.171. The lowest BCUT2D eigenvalue weighted by atomic mass is 10.2. The monoisotopic (exact) mass is 363 g/mol. The molecule has 9 heteroatoms. The molecule has 1 aliphatic heterocycles. The van der Waals surface area contributed by atoms with E-state index >= 15 is 0 Å². The van der Waals surface area contributed by atoms with Gasteiger partial charge in [-0.2, -0.15) is 4.31 Å². The summed E-state index contributed by atoms with van der Waals surface area (Å²) in [7, 11) is -1.91. The molecule has 1 saturated heterocycles. The van der Waals surface area contributed by atoms with Gasteiger partial charge in [-0.15, -0.1) is 12.4 Å². The number of carbonyl (C=O) groups excluding carboxylic acids is 1. The number of morpholine rings is 1. The van der Waals surface area contributed by atoms with Crippen LogP contribution in [0, 0.1) is 0 Å². The van der Waals surface area contributed by atoms with Crippen molar-refractivity contribution in [3.05, 3.63) is 29.8 Å². The van der Waals surface area contributed by atoms with Crippen LogP contribution in [0.25, 0.3) is 0 Å². The standard InChI is InChI=1S/C14H21N3O4S.ClH/c1-15-6-7-16-14(18)12-4-2-3-5-13(12)22(19,20)17-8-10-21-11-9-17;/h2-5,15H,6-11H2,1H3,(H,16,18);1H. The SMILES string of the molecule is CNCCNC(=O)c1ccccc1S(=O)(=O)N1CCOCC1.Cl. The molecule has 1 aromatic rings. The maximum atomic E-state index is 12.7. The Morgan fingerprint density at radius 1 is 1.22 bits per heavy atom. The minimum Gasteiger partial charge on any atom is -0.379 e. The van der Waals surface area contributed by atoms with Gasteiger partial charge in [-0.1, -0.05) is 12.1 Å². The van der Waals surface area contributed by atoms with Crippen LogP contribution in [0.1, 0.15) is 10.4 Å². The van der Waals surface area contributed by atoms with Crippen LogP contribution >= 0.6 is 12.4 Å². The lowest BCUT2D eigenvalue weighted by Gasteiger charge is -2.26. The third kappa shape index (κ3) is 4.89. The van der Waals surface area contributed by atoms with E-state index in [0.717, 1.165) is 0 Å². The van der Waals surface area contributed by atoms with Crippen molar-refractivity contribution in [2.45, 2.75) is 4.90 Å². The molecule has 23 heavy (non-hydrogen) atoms. The summed E-state index contributed by atoms with van der Waals surface area (Å²) in [6.07, 6.45) is 0. The molecular formula is C14H22ClN3O4S. The Balaban J connectivity index is 0.00000264. The Morgan fingerprint density at radius 2 is 1.87 bits per heavy atom. The third-order valence-corrected chi connectivity index (χ3v) is 5.34. The predicted molar refractivity (Wildman–Crippen MR) is 89.5 cm³/mol. The van der Waals surface area contributed by atoms with E-state index in [-0.39, 0.29) is 28.8 Å². The summed E-state index contributed by atoms with van der Waals surface area (Å²) in [5.74, 6) is -0.386. The number of halogens is 1. The average Bonchev–Trinajstić information content (AvgIpc) is 2.56. The molecule has 0 radical (unpaired) electrons. The van der Waals surface area contributed by atoms with Crippen LogP contribution in [0.3, 0.4) is 0 Å². The molecule has 1 aliphatic rings. The van der Waals surface area contributed by atoms with Crippen molar-refractivity contribution in [1.82, 2.24) is 14.9 Å². The fraction of sp³-hybridized carbons (Fsp3) is 0.500. The Hall–Kier alpha value is -1.19. The molecule has 0 aromatic heterocycles. The highest BCUT2D eigenvalue weighted by Crippen LogP contribution is 2.21. The second-order valence-electron chi connectivity index (χ2n) is 4.87. The minimum atomic E-state index is -3.69. The summed E-state index contributed by atoms with van der Waals surface area (Å²) in [6, 6.07) is 6.28. The zero-order valence-corrected chi connectivity index (χ0v) is 14.6. The number of hydrogen-bond donors (Lipinski definition) is 2. The van der Waals surface area contributed by atoms with E-state index in [0.29, 0.717) is 39.4 Å². The molecule has 0 atom stereocenters. The summed E-state index contributed by atoms with van der Waals surface area (Å²) in [6.45, 7) is 2.40. The maximum Gasteiger partial charge on any atom is 0.252 e. The smallest absolute Gasteiger partial charge is 0.252 e. The number of likely N-dealkylation sites (N-methyl/N-ethyl adjacent to an activating group) is 1. The van der Waals surface area contributed by atoms with Crippen molar-refractivity contribution in [1.29, 1.82) is 0 Å². The Kier molecular flexibility index (Phi) is 7.93. The molecule has 2 N–H and O–H groups in total. The van der Waals surface area contributed by atoms with Crippen LogP contribution in [-0.2, 0) is 14.8 Å². The molecule has 1 aromatic carbocycles. The molecule has 0 spiro atoms. The first-order valence-electron chi connectivity index (χ1n) is 7.17. The van der Waals surface area contributed by atoms with Gasteiger partial charge in [0.25, 0.3) is 5.91 Å². The van der Waals surface area contributed by atoms with Gasteiger partial charge in [-0.05, 0) is 19.2 Å². The number of nitrogens with zero attached hydrogens (tertiary/aromatic N) is 1. The quantitative estimate of drug-likeness (QED) is 0.699. The van der Waals surface area contributed by atoms with Crippen LogP contribution < -0.4 is 10.6 Å². The fourth-order valence-electron chi connectivity index (χ4n) is 2.20. The summed E-state index contributed by atoms with van der Waals surface area (Å²) < 4.78 is 32.0. The van der Waals surface area contributed by atoms with Crippen LogP contribution in [0.15, 0.2) is 29.2 Å². The summed E-state index contributed by atoms with van der Waals surface area (Å²) in [4.78, 5) is 12.3. The van der Waals surface area contributed by atoms with Gasteiger partial charge in [-0.25, -0.2) is 8.42 Å². The van der Waals surface area contributed by atoms with Gasteiger partial charge in [0.05, 0.1) is 23.7 Å². The number of amides is 1. The first-order valence-corrected chi connectivity index (χ1v) is 8.61. The molecule has 1 amide bonds. The van der Waals surface area contributed by atoms with E-state index < -0.39 is 10.0 Å². The molecule has 2 rings (SSSR count). The molecule has 7 nitrogen and oxygen atoms in total. The number of benzene rings is 1. The minimum absolute atomic E-state index is 0. The summed E-state index contributed by atoms with van der Waals surface area (Å²) in [5, 5.41) is 5.62. The Labute approximate surface area is 142 Å². The predicted octanol–water partition coefficient (Wildman–Crippen LogP) is 0.0785. The molecule has 0 saturated carbocycles. The molecule has 130 valence electrons. The van der Waals surface area contributed by atoms with E-state index in [2.05, 4.69) is 10.6 Å². The normalized spacial score (nSPS) is 15.7. The fourth-order valence-corrected chi connectivity index (χ4v) is 3.80. The highest BCUT2D eigenvalue weighted by atomic mass is 35.5. The van der Waals surface area contributed by atoms with E-state index in [1.165, 1.54) is 16.4 Å². The molecule has 0 aliphatic carbocycles. The van der Waals surface area contributed by atoms with Gasteiger partial charge in [0.1, 0.15) is 0 Å². The topological polar surface area (TPSA) is 87.7 Å². The van der Waals surface area contributed by atoms with E-state index in [9.17, 15) is 13.2 Å².